The number of nitrogens with one attached hydrogen (secondary N) is 1. The Bertz CT molecular complexity index is 187. The lowest BCUT2D eigenvalue weighted by atomic mass is 9.86. The molecule has 2 heteroatoms. The van der Waals surface area contributed by atoms with Crippen LogP contribution in [0.2, 0.25) is 0 Å². The monoisotopic (exact) mass is 212 g/mol. The van der Waals surface area contributed by atoms with E-state index in [0.29, 0.717) is 5.54 Å². The molecule has 1 heterocycles. The predicted octanol–water partition coefficient (Wildman–Crippen LogP) is 2.49. The van der Waals surface area contributed by atoms with Crippen LogP contribution in [0.15, 0.2) is 0 Å². The molecule has 0 spiro atoms. The van der Waals surface area contributed by atoms with Gasteiger partial charge in [-0.3, -0.25) is 4.90 Å². The highest BCUT2D eigenvalue weighted by atomic mass is 15.2. The highest BCUT2D eigenvalue weighted by molar-refractivity contribution is 4.90. The zero-order valence-corrected chi connectivity index (χ0v) is 11.1. The lowest BCUT2D eigenvalue weighted by Crippen LogP contribution is -2.55. The molecule has 1 fully saturated rings. The van der Waals surface area contributed by atoms with E-state index in [1.165, 1.54) is 32.4 Å². The van der Waals surface area contributed by atoms with Gasteiger partial charge in [-0.05, 0) is 39.2 Å². The van der Waals surface area contributed by atoms with E-state index < -0.39 is 0 Å². The van der Waals surface area contributed by atoms with Gasteiger partial charge in [0.15, 0.2) is 0 Å². The lowest BCUT2D eigenvalue weighted by molar-refractivity contribution is 0.0391. The van der Waals surface area contributed by atoms with Crippen LogP contribution < -0.4 is 5.32 Å². The number of likely N-dealkylation sites (tertiary alicyclic amines) is 1. The molecule has 0 aromatic carbocycles. The van der Waals surface area contributed by atoms with Crippen molar-refractivity contribution in [2.75, 3.05) is 20.1 Å². The van der Waals surface area contributed by atoms with Crippen LogP contribution >= 0.6 is 0 Å². The molecule has 1 N–H and O–H groups in total. The van der Waals surface area contributed by atoms with E-state index in [4.69, 9.17) is 0 Å². The number of rotatable bonds is 4. The van der Waals surface area contributed by atoms with E-state index in [-0.39, 0.29) is 0 Å². The minimum Gasteiger partial charge on any atom is -0.317 e. The van der Waals surface area contributed by atoms with Gasteiger partial charge in [0.2, 0.25) is 0 Å². The number of piperidine rings is 1. The molecule has 1 rings (SSSR count). The zero-order valence-electron chi connectivity index (χ0n) is 11.1. The van der Waals surface area contributed by atoms with E-state index in [0.717, 1.165) is 12.0 Å². The van der Waals surface area contributed by atoms with Crippen molar-refractivity contribution in [3.8, 4) is 0 Å². The van der Waals surface area contributed by atoms with Crippen molar-refractivity contribution in [3.63, 3.8) is 0 Å². The van der Waals surface area contributed by atoms with Gasteiger partial charge in [-0.1, -0.05) is 20.8 Å². The van der Waals surface area contributed by atoms with Crippen LogP contribution in [0.1, 0.15) is 47.0 Å². The van der Waals surface area contributed by atoms with E-state index in [1.54, 1.807) is 0 Å². The number of nitrogens with zero attached hydrogens (tertiary/aromatic N) is 1. The SMILES string of the molecule is CCC(C)(CC)N1CCC(NC)C(C)C1. The van der Waals surface area contributed by atoms with Crippen molar-refractivity contribution in [3.05, 3.63) is 0 Å². The summed E-state index contributed by atoms with van der Waals surface area (Å²) < 4.78 is 0. The molecule has 1 aliphatic rings. The van der Waals surface area contributed by atoms with Gasteiger partial charge in [0.05, 0.1) is 0 Å². The van der Waals surface area contributed by atoms with Gasteiger partial charge in [-0.25, -0.2) is 0 Å². The Kier molecular flexibility index (Phi) is 4.60. The van der Waals surface area contributed by atoms with Crippen molar-refractivity contribution in [2.45, 2.75) is 58.5 Å². The summed E-state index contributed by atoms with van der Waals surface area (Å²) in [5.41, 5.74) is 0.424. The van der Waals surface area contributed by atoms with Crippen LogP contribution in [-0.4, -0.2) is 36.6 Å². The molecule has 0 aromatic heterocycles. The van der Waals surface area contributed by atoms with E-state index in [1.807, 2.05) is 0 Å². The van der Waals surface area contributed by atoms with E-state index in [2.05, 4.69) is 45.0 Å². The van der Waals surface area contributed by atoms with Crippen molar-refractivity contribution in [1.82, 2.24) is 10.2 Å². The summed E-state index contributed by atoms with van der Waals surface area (Å²) >= 11 is 0. The molecule has 0 aromatic rings. The van der Waals surface area contributed by atoms with Crippen molar-refractivity contribution >= 4 is 0 Å². The van der Waals surface area contributed by atoms with Crippen LogP contribution in [-0.2, 0) is 0 Å². The molecule has 2 unspecified atom stereocenters. The summed E-state index contributed by atoms with van der Waals surface area (Å²) in [7, 11) is 2.09. The van der Waals surface area contributed by atoms with Gasteiger partial charge in [0.25, 0.3) is 0 Å². The molecule has 2 atom stereocenters. The zero-order chi connectivity index (χ0) is 11.5. The van der Waals surface area contributed by atoms with Crippen molar-refractivity contribution < 1.29 is 0 Å². The molecule has 0 saturated carbocycles. The normalized spacial score (nSPS) is 29.4. The fraction of sp³-hybridized carbons (Fsp3) is 1.00. The molecule has 0 aliphatic carbocycles. The first-order valence-electron chi connectivity index (χ1n) is 6.49. The number of hydrogen-bond acceptors (Lipinski definition) is 2. The molecule has 0 bridgehead atoms. The Labute approximate surface area is 95.4 Å². The standard InChI is InChI=1S/C13H28N2/c1-6-13(4,7-2)15-9-8-12(14-5)11(3)10-15/h11-12,14H,6-10H2,1-5H3. The summed E-state index contributed by atoms with van der Waals surface area (Å²) in [4.78, 5) is 2.70. The second-order valence-electron chi connectivity index (χ2n) is 5.31. The quantitative estimate of drug-likeness (QED) is 0.770. The molecule has 2 nitrogen and oxygen atoms in total. The van der Waals surface area contributed by atoms with Gasteiger partial charge in [0, 0.05) is 24.7 Å². The van der Waals surface area contributed by atoms with Crippen LogP contribution in [0.3, 0.4) is 0 Å². The summed E-state index contributed by atoms with van der Waals surface area (Å²) in [5.74, 6) is 0.779. The van der Waals surface area contributed by atoms with Gasteiger partial charge in [0.1, 0.15) is 0 Å². The third-order valence-electron chi connectivity index (χ3n) is 4.56. The Morgan fingerprint density at radius 2 is 1.93 bits per heavy atom. The summed E-state index contributed by atoms with van der Waals surface area (Å²) in [5, 5.41) is 3.44. The Morgan fingerprint density at radius 1 is 1.33 bits per heavy atom. The smallest absolute Gasteiger partial charge is 0.0176 e. The second-order valence-corrected chi connectivity index (χ2v) is 5.31. The molecule has 0 amide bonds. The van der Waals surface area contributed by atoms with Crippen molar-refractivity contribution in [1.29, 1.82) is 0 Å². The minimum atomic E-state index is 0.424. The largest absolute Gasteiger partial charge is 0.317 e. The van der Waals surface area contributed by atoms with E-state index >= 15 is 0 Å². The lowest BCUT2D eigenvalue weighted by Gasteiger charge is -2.47. The van der Waals surface area contributed by atoms with Gasteiger partial charge >= 0.3 is 0 Å². The highest BCUT2D eigenvalue weighted by Crippen LogP contribution is 2.28. The first-order chi connectivity index (χ1) is 7.07. The Hall–Kier alpha value is -0.0800. The van der Waals surface area contributed by atoms with Gasteiger partial charge in [-0.15, -0.1) is 0 Å². The Morgan fingerprint density at radius 3 is 2.33 bits per heavy atom. The average Bonchev–Trinajstić information content (AvgIpc) is 2.28. The van der Waals surface area contributed by atoms with Crippen molar-refractivity contribution in [2.24, 2.45) is 5.92 Å². The third kappa shape index (κ3) is 2.73. The van der Waals surface area contributed by atoms with Crippen LogP contribution in [0.5, 0.6) is 0 Å². The fourth-order valence-electron chi connectivity index (χ4n) is 2.76. The fourth-order valence-corrected chi connectivity index (χ4v) is 2.76. The van der Waals surface area contributed by atoms with Crippen LogP contribution in [0.25, 0.3) is 0 Å². The molecule has 0 radical (unpaired) electrons. The van der Waals surface area contributed by atoms with Gasteiger partial charge in [-0.2, -0.15) is 0 Å². The maximum atomic E-state index is 3.44. The maximum absolute atomic E-state index is 3.44. The predicted molar refractivity (Wildman–Crippen MR) is 67.2 cm³/mol. The topological polar surface area (TPSA) is 15.3 Å². The summed E-state index contributed by atoms with van der Waals surface area (Å²) in [6, 6.07) is 0.721. The van der Waals surface area contributed by atoms with Crippen LogP contribution in [0, 0.1) is 5.92 Å². The molecular formula is C13H28N2. The molecule has 1 saturated heterocycles. The first-order valence-corrected chi connectivity index (χ1v) is 6.49. The molecule has 15 heavy (non-hydrogen) atoms. The number of hydrogen-bond donors (Lipinski definition) is 1. The molecular weight excluding hydrogens is 184 g/mol. The first kappa shape index (κ1) is 13.0. The maximum Gasteiger partial charge on any atom is 0.0176 e. The summed E-state index contributed by atoms with van der Waals surface area (Å²) in [6.07, 6.45) is 3.83. The van der Waals surface area contributed by atoms with Gasteiger partial charge < -0.3 is 5.32 Å². The molecule has 1 aliphatic heterocycles. The van der Waals surface area contributed by atoms with Crippen LogP contribution in [0.4, 0.5) is 0 Å². The third-order valence-corrected chi connectivity index (χ3v) is 4.56. The summed E-state index contributed by atoms with van der Waals surface area (Å²) in [6.45, 7) is 11.9. The average molecular weight is 212 g/mol. The Balaban J connectivity index is 2.60. The molecule has 90 valence electrons. The van der Waals surface area contributed by atoms with E-state index in [9.17, 15) is 0 Å². The highest BCUT2D eigenvalue weighted by Gasteiger charge is 2.34. The second kappa shape index (κ2) is 5.31. The minimum absolute atomic E-state index is 0.424.